The van der Waals surface area contributed by atoms with Crippen LogP contribution in [-0.2, 0) is 4.74 Å². The predicted molar refractivity (Wildman–Crippen MR) is 87.7 cm³/mol. The highest BCUT2D eigenvalue weighted by atomic mass is 35.5. The minimum absolute atomic E-state index is 0.115. The van der Waals surface area contributed by atoms with Crippen LogP contribution in [0.15, 0.2) is 18.2 Å². The normalized spacial score (nSPS) is 14.6. The molecular formula is C16H25Cl2NO. The van der Waals surface area contributed by atoms with Crippen LogP contribution in [0.2, 0.25) is 10.0 Å². The summed E-state index contributed by atoms with van der Waals surface area (Å²) in [7, 11) is 0. The van der Waals surface area contributed by atoms with E-state index in [2.05, 4.69) is 26.1 Å². The van der Waals surface area contributed by atoms with Gasteiger partial charge in [-0.2, -0.15) is 0 Å². The smallest absolute Gasteiger partial charge is 0.0792 e. The molecule has 2 unspecified atom stereocenters. The molecule has 114 valence electrons. The van der Waals surface area contributed by atoms with Crippen molar-refractivity contribution in [3.05, 3.63) is 33.8 Å². The van der Waals surface area contributed by atoms with Crippen LogP contribution in [0, 0.1) is 5.92 Å². The molecule has 20 heavy (non-hydrogen) atoms. The van der Waals surface area contributed by atoms with Crippen LogP contribution in [0.5, 0.6) is 0 Å². The first-order valence-corrected chi connectivity index (χ1v) is 8.06. The Bertz CT molecular complexity index is 409. The van der Waals surface area contributed by atoms with Crippen LogP contribution in [-0.4, -0.2) is 19.3 Å². The average Bonchev–Trinajstić information content (AvgIpc) is 2.41. The largest absolute Gasteiger partial charge is 0.376 e. The van der Waals surface area contributed by atoms with Gasteiger partial charge in [-0.3, -0.25) is 0 Å². The van der Waals surface area contributed by atoms with Crippen molar-refractivity contribution < 1.29 is 4.74 Å². The van der Waals surface area contributed by atoms with E-state index in [0.717, 1.165) is 18.5 Å². The number of ether oxygens (including phenoxy) is 1. The van der Waals surface area contributed by atoms with Crippen LogP contribution in [0.3, 0.4) is 0 Å². The first-order chi connectivity index (χ1) is 9.51. The van der Waals surface area contributed by atoms with E-state index in [-0.39, 0.29) is 12.1 Å². The molecule has 0 saturated carbocycles. The lowest BCUT2D eigenvalue weighted by Gasteiger charge is -2.31. The van der Waals surface area contributed by atoms with Crippen molar-refractivity contribution in [2.75, 3.05) is 13.2 Å². The van der Waals surface area contributed by atoms with Crippen LogP contribution in [0.1, 0.15) is 45.7 Å². The lowest BCUT2D eigenvalue weighted by molar-refractivity contribution is 0.00284. The van der Waals surface area contributed by atoms with Gasteiger partial charge in [0.05, 0.1) is 22.2 Å². The Labute approximate surface area is 132 Å². The Morgan fingerprint density at radius 3 is 2.35 bits per heavy atom. The minimum atomic E-state index is 0.115. The van der Waals surface area contributed by atoms with Crippen molar-refractivity contribution in [2.24, 2.45) is 5.92 Å². The molecule has 0 aromatic heterocycles. The van der Waals surface area contributed by atoms with Gasteiger partial charge < -0.3 is 10.1 Å². The maximum absolute atomic E-state index is 6.15. The molecule has 0 aliphatic carbocycles. The number of hydrogen-bond donors (Lipinski definition) is 1. The van der Waals surface area contributed by atoms with Crippen LogP contribution < -0.4 is 5.32 Å². The molecule has 0 aliphatic heterocycles. The fourth-order valence-corrected chi connectivity index (χ4v) is 2.60. The molecule has 0 radical (unpaired) electrons. The van der Waals surface area contributed by atoms with Crippen molar-refractivity contribution in [1.82, 2.24) is 5.32 Å². The third-order valence-electron chi connectivity index (χ3n) is 3.26. The molecule has 4 heteroatoms. The number of nitrogens with one attached hydrogen (secondary N) is 1. The second-order valence-corrected chi connectivity index (χ2v) is 6.08. The van der Waals surface area contributed by atoms with E-state index in [1.807, 2.05) is 25.1 Å². The van der Waals surface area contributed by atoms with Gasteiger partial charge in [-0.15, -0.1) is 0 Å². The summed E-state index contributed by atoms with van der Waals surface area (Å²) in [5, 5.41) is 4.75. The molecule has 2 nitrogen and oxygen atoms in total. The molecule has 0 spiro atoms. The first kappa shape index (κ1) is 17.8. The molecule has 0 bridgehead atoms. The zero-order valence-corrected chi connectivity index (χ0v) is 14.3. The Balaban J connectivity index is 3.05. The number of halogens is 2. The number of rotatable bonds is 8. The summed E-state index contributed by atoms with van der Waals surface area (Å²) in [6, 6.07) is 5.94. The second-order valence-electron chi connectivity index (χ2n) is 5.27. The molecule has 0 fully saturated rings. The van der Waals surface area contributed by atoms with Gasteiger partial charge in [0.25, 0.3) is 0 Å². The van der Waals surface area contributed by atoms with Crippen molar-refractivity contribution in [3.8, 4) is 0 Å². The van der Waals surface area contributed by atoms with E-state index in [1.165, 1.54) is 0 Å². The summed E-state index contributed by atoms with van der Waals surface area (Å²) in [6.07, 6.45) is 1.19. The van der Waals surface area contributed by atoms with Gasteiger partial charge in [-0.25, -0.2) is 0 Å². The van der Waals surface area contributed by atoms with E-state index < -0.39 is 0 Å². The van der Waals surface area contributed by atoms with Crippen molar-refractivity contribution in [2.45, 2.75) is 46.3 Å². The lowest BCUT2D eigenvalue weighted by atomic mass is 9.93. The van der Waals surface area contributed by atoms with Gasteiger partial charge in [-0.1, -0.05) is 50.0 Å². The van der Waals surface area contributed by atoms with E-state index >= 15 is 0 Å². The topological polar surface area (TPSA) is 21.3 Å². The van der Waals surface area contributed by atoms with E-state index in [4.69, 9.17) is 27.9 Å². The molecule has 0 amide bonds. The van der Waals surface area contributed by atoms with Gasteiger partial charge in [0, 0.05) is 6.61 Å². The van der Waals surface area contributed by atoms with Crippen molar-refractivity contribution in [3.63, 3.8) is 0 Å². The maximum atomic E-state index is 6.15. The van der Waals surface area contributed by atoms with E-state index in [0.29, 0.717) is 22.6 Å². The maximum Gasteiger partial charge on any atom is 0.0792 e. The quantitative estimate of drug-likeness (QED) is 0.720. The number of hydrogen-bond acceptors (Lipinski definition) is 2. The van der Waals surface area contributed by atoms with Gasteiger partial charge >= 0.3 is 0 Å². The molecule has 1 rings (SSSR count). The molecule has 1 aromatic carbocycles. The average molecular weight is 318 g/mol. The Morgan fingerprint density at radius 2 is 1.85 bits per heavy atom. The Kier molecular flexibility index (Phi) is 7.90. The van der Waals surface area contributed by atoms with Crippen molar-refractivity contribution in [1.29, 1.82) is 0 Å². The first-order valence-electron chi connectivity index (χ1n) is 7.31. The summed E-state index contributed by atoms with van der Waals surface area (Å²) in [5.41, 5.74) is 1.13. The van der Waals surface area contributed by atoms with Crippen LogP contribution in [0.25, 0.3) is 0 Å². The summed E-state index contributed by atoms with van der Waals surface area (Å²) in [4.78, 5) is 0. The molecule has 0 heterocycles. The zero-order valence-electron chi connectivity index (χ0n) is 12.7. The third kappa shape index (κ3) is 4.92. The molecule has 0 saturated heterocycles. The van der Waals surface area contributed by atoms with E-state index in [1.54, 1.807) is 0 Å². The minimum Gasteiger partial charge on any atom is -0.376 e. The third-order valence-corrected chi connectivity index (χ3v) is 4.00. The van der Waals surface area contributed by atoms with Crippen LogP contribution >= 0.6 is 23.2 Å². The molecule has 2 atom stereocenters. The Morgan fingerprint density at radius 1 is 1.15 bits per heavy atom. The highest BCUT2D eigenvalue weighted by Gasteiger charge is 2.26. The Hall–Kier alpha value is -0.280. The SMILES string of the molecule is CCCNC(c1ccc(Cl)c(Cl)c1)C(OCC)C(C)C. The van der Waals surface area contributed by atoms with Gasteiger partial charge in [0.15, 0.2) is 0 Å². The summed E-state index contributed by atoms with van der Waals surface area (Å²) >= 11 is 12.2. The highest BCUT2D eigenvalue weighted by Crippen LogP contribution is 2.30. The molecule has 1 N–H and O–H groups in total. The lowest BCUT2D eigenvalue weighted by Crippen LogP contribution is -2.37. The highest BCUT2D eigenvalue weighted by molar-refractivity contribution is 6.42. The number of benzene rings is 1. The van der Waals surface area contributed by atoms with Crippen molar-refractivity contribution >= 4 is 23.2 Å². The standard InChI is InChI=1S/C16H25Cl2NO/c1-5-9-19-15(16(11(3)4)20-6-2)12-7-8-13(17)14(18)10-12/h7-8,10-11,15-16,19H,5-6,9H2,1-4H3. The zero-order chi connectivity index (χ0) is 15.1. The molecule has 0 aliphatic rings. The predicted octanol–water partition coefficient (Wildman–Crippen LogP) is 5.10. The molecular weight excluding hydrogens is 293 g/mol. The summed E-state index contributed by atoms with van der Waals surface area (Å²) in [6.45, 7) is 10.2. The van der Waals surface area contributed by atoms with Crippen LogP contribution in [0.4, 0.5) is 0 Å². The fraction of sp³-hybridized carbons (Fsp3) is 0.625. The second kappa shape index (κ2) is 8.89. The van der Waals surface area contributed by atoms with Gasteiger partial charge in [-0.05, 0) is 43.5 Å². The fourth-order valence-electron chi connectivity index (χ4n) is 2.30. The van der Waals surface area contributed by atoms with Gasteiger partial charge in [0.1, 0.15) is 0 Å². The monoisotopic (exact) mass is 317 g/mol. The summed E-state index contributed by atoms with van der Waals surface area (Å²) < 4.78 is 5.95. The molecule has 1 aromatic rings. The summed E-state index contributed by atoms with van der Waals surface area (Å²) in [5.74, 6) is 0.416. The van der Waals surface area contributed by atoms with Gasteiger partial charge in [0.2, 0.25) is 0 Å². The van der Waals surface area contributed by atoms with E-state index in [9.17, 15) is 0 Å².